The van der Waals surface area contributed by atoms with Crippen LogP contribution in [0.15, 0.2) is 84.3 Å². The normalized spacial score (nSPS) is 12.1. The maximum atomic E-state index is 10.6. The van der Waals surface area contributed by atoms with Gasteiger partial charge in [0.05, 0.1) is 13.2 Å². The van der Waals surface area contributed by atoms with Gasteiger partial charge in [-0.25, -0.2) is 0 Å². The van der Waals surface area contributed by atoms with Crippen LogP contribution in [0, 0.1) is 0 Å². The second kappa shape index (κ2) is 11.5. The minimum absolute atomic E-state index is 0.128. The Morgan fingerprint density at radius 1 is 1.03 bits per heavy atom. The Morgan fingerprint density at radius 2 is 1.82 bits per heavy atom. The molecule has 0 amide bonds. The fourth-order valence-electron chi connectivity index (χ4n) is 3.37. The molecule has 4 rings (SSSR count). The molecule has 2 aromatic carbocycles. The monoisotopic (exact) mass is 474 g/mol. The number of ether oxygens (including phenoxy) is 2. The summed E-state index contributed by atoms with van der Waals surface area (Å²) in [6.45, 7) is 2.09. The predicted molar refractivity (Wildman–Crippen MR) is 135 cm³/mol. The van der Waals surface area contributed by atoms with Crippen LogP contribution in [0.4, 0.5) is 0 Å². The molecule has 0 saturated heterocycles. The number of para-hydroxylation sites is 1. The number of pyridine rings is 1. The molecule has 0 aliphatic carbocycles. The number of thioether (sulfide) groups is 1. The van der Waals surface area contributed by atoms with Crippen molar-refractivity contribution in [3.05, 3.63) is 84.7 Å². The smallest absolute Gasteiger partial charge is 0.196 e. The molecule has 1 unspecified atom stereocenters. The molecule has 34 heavy (non-hydrogen) atoms. The van der Waals surface area contributed by atoms with E-state index in [2.05, 4.69) is 15.2 Å². The van der Waals surface area contributed by atoms with Gasteiger partial charge in [-0.1, -0.05) is 48.2 Å². The molecule has 0 aliphatic rings. The number of rotatable bonds is 10. The van der Waals surface area contributed by atoms with Crippen LogP contribution in [0.3, 0.4) is 0 Å². The molecule has 174 valence electrons. The highest BCUT2D eigenvalue weighted by molar-refractivity contribution is 7.99. The summed E-state index contributed by atoms with van der Waals surface area (Å²) in [6, 6.07) is 19.4. The topological polar surface area (TPSA) is 82.3 Å². The van der Waals surface area contributed by atoms with Crippen LogP contribution < -0.4 is 9.47 Å². The highest BCUT2D eigenvalue weighted by Crippen LogP contribution is 2.30. The molecular formula is C26H26N4O3S. The molecule has 0 radical (unpaired) electrons. The van der Waals surface area contributed by atoms with E-state index < -0.39 is 6.10 Å². The van der Waals surface area contributed by atoms with Gasteiger partial charge in [0.2, 0.25) is 0 Å². The van der Waals surface area contributed by atoms with Gasteiger partial charge in [-0.3, -0.25) is 9.55 Å². The molecular weight excluding hydrogens is 448 g/mol. The fraction of sp³-hybridized carbons (Fsp3) is 0.192. The number of aliphatic hydroxyl groups excluding tert-OH is 1. The number of aromatic nitrogens is 4. The van der Waals surface area contributed by atoms with Gasteiger partial charge >= 0.3 is 0 Å². The summed E-state index contributed by atoms with van der Waals surface area (Å²) < 4.78 is 13.3. The predicted octanol–water partition coefficient (Wildman–Crippen LogP) is 4.90. The number of hydrogen-bond donors (Lipinski definition) is 1. The first kappa shape index (κ1) is 23.5. The summed E-state index contributed by atoms with van der Waals surface area (Å²) in [6.07, 6.45) is 6.69. The van der Waals surface area contributed by atoms with Crippen molar-refractivity contribution < 1.29 is 14.6 Å². The maximum absolute atomic E-state index is 10.6. The number of nitrogens with zero attached hydrogens (tertiary/aromatic N) is 4. The van der Waals surface area contributed by atoms with Crippen LogP contribution in [-0.4, -0.2) is 50.4 Å². The molecule has 1 N–H and O–H groups in total. The van der Waals surface area contributed by atoms with E-state index in [0.717, 1.165) is 16.8 Å². The van der Waals surface area contributed by atoms with Gasteiger partial charge in [0, 0.05) is 29.4 Å². The molecule has 0 spiro atoms. The fourth-order valence-corrected chi connectivity index (χ4v) is 4.22. The van der Waals surface area contributed by atoms with Crippen LogP contribution in [0.1, 0.15) is 12.5 Å². The molecule has 4 aromatic rings. The average Bonchev–Trinajstić information content (AvgIpc) is 3.32. The van der Waals surface area contributed by atoms with E-state index in [1.807, 2.05) is 84.3 Å². The highest BCUT2D eigenvalue weighted by Gasteiger charge is 2.18. The minimum atomic E-state index is -0.713. The van der Waals surface area contributed by atoms with Crippen molar-refractivity contribution in [3.8, 4) is 28.6 Å². The zero-order chi connectivity index (χ0) is 23.8. The van der Waals surface area contributed by atoms with Crippen LogP contribution in [-0.2, 0) is 0 Å². The van der Waals surface area contributed by atoms with E-state index in [9.17, 15) is 5.11 Å². The van der Waals surface area contributed by atoms with Gasteiger partial charge in [-0.15, -0.1) is 10.2 Å². The van der Waals surface area contributed by atoms with Crippen molar-refractivity contribution in [2.24, 2.45) is 0 Å². The van der Waals surface area contributed by atoms with Crippen molar-refractivity contribution >= 4 is 17.8 Å². The van der Waals surface area contributed by atoms with Gasteiger partial charge < -0.3 is 14.6 Å². The molecule has 0 aliphatic heterocycles. The van der Waals surface area contributed by atoms with E-state index in [1.165, 1.54) is 11.8 Å². The van der Waals surface area contributed by atoms with Crippen molar-refractivity contribution in [1.29, 1.82) is 0 Å². The van der Waals surface area contributed by atoms with Crippen molar-refractivity contribution in [3.63, 3.8) is 0 Å². The Labute approximate surface area is 203 Å². The lowest BCUT2D eigenvalue weighted by molar-refractivity contribution is 0.124. The summed E-state index contributed by atoms with van der Waals surface area (Å²) in [5, 5.41) is 20.1. The molecule has 1 atom stereocenters. The average molecular weight is 475 g/mol. The second-order valence-corrected chi connectivity index (χ2v) is 8.39. The molecule has 0 saturated carbocycles. The molecule has 0 fully saturated rings. The lowest BCUT2D eigenvalue weighted by Gasteiger charge is -2.15. The summed E-state index contributed by atoms with van der Waals surface area (Å²) in [5.74, 6) is 2.32. The maximum Gasteiger partial charge on any atom is 0.196 e. The van der Waals surface area contributed by atoms with Crippen molar-refractivity contribution in [2.45, 2.75) is 18.2 Å². The lowest BCUT2D eigenvalue weighted by Crippen LogP contribution is -2.20. The van der Waals surface area contributed by atoms with E-state index in [-0.39, 0.29) is 6.61 Å². The molecule has 8 heteroatoms. The Kier molecular flexibility index (Phi) is 7.95. The van der Waals surface area contributed by atoms with Crippen LogP contribution >= 0.6 is 11.8 Å². The van der Waals surface area contributed by atoms with E-state index in [1.54, 1.807) is 19.5 Å². The quantitative estimate of drug-likeness (QED) is 0.327. The number of allylic oxidation sites excluding steroid dienone is 1. The van der Waals surface area contributed by atoms with Gasteiger partial charge in [0.25, 0.3) is 0 Å². The Balaban J connectivity index is 1.46. The zero-order valence-corrected chi connectivity index (χ0v) is 19.9. The van der Waals surface area contributed by atoms with Gasteiger partial charge in [0.1, 0.15) is 6.61 Å². The van der Waals surface area contributed by atoms with Crippen LogP contribution in [0.5, 0.6) is 11.5 Å². The molecule has 2 aromatic heterocycles. The summed E-state index contributed by atoms with van der Waals surface area (Å²) in [7, 11) is 1.60. The summed E-state index contributed by atoms with van der Waals surface area (Å²) in [5.41, 5.74) is 2.88. The van der Waals surface area contributed by atoms with Crippen LogP contribution in [0.25, 0.3) is 23.2 Å². The Morgan fingerprint density at radius 3 is 2.56 bits per heavy atom. The largest absolute Gasteiger partial charge is 0.493 e. The van der Waals surface area contributed by atoms with Gasteiger partial charge in [-0.2, -0.15) is 0 Å². The van der Waals surface area contributed by atoms with Crippen molar-refractivity contribution in [1.82, 2.24) is 19.7 Å². The minimum Gasteiger partial charge on any atom is -0.493 e. The SMILES string of the molecule is CC=Cc1ccc(OCC(O)CSc2nnc(-c3ccncc3)n2-c2ccccc2)c(OC)c1. The Bertz CT molecular complexity index is 1230. The third-order valence-corrected chi connectivity index (χ3v) is 6.04. The van der Waals surface area contributed by atoms with E-state index in [0.29, 0.717) is 28.2 Å². The zero-order valence-electron chi connectivity index (χ0n) is 19.0. The van der Waals surface area contributed by atoms with Gasteiger partial charge in [-0.05, 0) is 48.9 Å². The number of benzene rings is 2. The third-order valence-electron chi connectivity index (χ3n) is 4.97. The molecule has 0 bridgehead atoms. The van der Waals surface area contributed by atoms with Crippen LogP contribution in [0.2, 0.25) is 0 Å². The van der Waals surface area contributed by atoms with E-state index in [4.69, 9.17) is 9.47 Å². The van der Waals surface area contributed by atoms with Crippen molar-refractivity contribution in [2.75, 3.05) is 19.5 Å². The number of methoxy groups -OCH3 is 1. The number of aliphatic hydroxyl groups is 1. The molecule has 7 nitrogen and oxygen atoms in total. The highest BCUT2D eigenvalue weighted by atomic mass is 32.2. The first-order valence-corrected chi connectivity index (χ1v) is 11.8. The number of hydrogen-bond acceptors (Lipinski definition) is 7. The third kappa shape index (κ3) is 5.65. The molecule has 2 heterocycles. The summed E-state index contributed by atoms with van der Waals surface area (Å²) >= 11 is 1.42. The van der Waals surface area contributed by atoms with E-state index >= 15 is 0 Å². The standard InChI is InChI=1S/C26H26N4O3S/c1-3-7-19-10-11-23(24(16-19)32-2)33-17-22(31)18-34-26-29-28-25(20-12-14-27-15-13-20)30(26)21-8-5-4-6-9-21/h3-16,22,31H,17-18H2,1-2H3. The van der Waals surface area contributed by atoms with Gasteiger partial charge in [0.15, 0.2) is 22.5 Å². The summed E-state index contributed by atoms with van der Waals surface area (Å²) in [4.78, 5) is 4.09. The lowest BCUT2D eigenvalue weighted by atomic mass is 10.2. The first-order chi connectivity index (χ1) is 16.7. The second-order valence-electron chi connectivity index (χ2n) is 7.40. The first-order valence-electron chi connectivity index (χ1n) is 10.8. The Hall–Kier alpha value is -3.62.